The molecule has 0 aliphatic carbocycles. The van der Waals surface area contributed by atoms with Gasteiger partial charge in [-0.1, -0.05) is 39.7 Å². The zero-order valence-corrected chi connectivity index (χ0v) is 18.8. The van der Waals surface area contributed by atoms with Gasteiger partial charge < -0.3 is 4.42 Å². The Morgan fingerprint density at radius 1 is 1.13 bits per heavy atom. The maximum Gasteiger partial charge on any atom is 0.270 e. The quantitative estimate of drug-likeness (QED) is 0.292. The van der Waals surface area contributed by atoms with Gasteiger partial charge >= 0.3 is 0 Å². The molecule has 4 rings (SSSR count). The normalized spacial score (nSPS) is 15.6. The zero-order chi connectivity index (χ0) is 21.4. The van der Waals surface area contributed by atoms with Gasteiger partial charge in [0.1, 0.15) is 17.1 Å². The van der Waals surface area contributed by atoms with E-state index in [1.54, 1.807) is 30.3 Å². The smallest absolute Gasteiger partial charge is 0.270 e. The van der Waals surface area contributed by atoms with Crippen LogP contribution in [0.3, 0.4) is 0 Å². The molecular formula is C22H14BrClN2O3S. The highest BCUT2D eigenvalue weighted by atomic mass is 79.9. The molecule has 0 spiro atoms. The summed E-state index contributed by atoms with van der Waals surface area (Å²) >= 11 is 14.7. The van der Waals surface area contributed by atoms with E-state index in [-0.39, 0.29) is 10.7 Å². The number of thiocarbonyl (C=S) groups is 1. The Balaban J connectivity index is 1.70. The molecule has 2 amide bonds. The van der Waals surface area contributed by atoms with Crippen molar-refractivity contribution in [3.8, 4) is 11.3 Å². The van der Waals surface area contributed by atoms with Gasteiger partial charge in [-0.3, -0.25) is 19.8 Å². The maximum absolute atomic E-state index is 13.1. The number of benzene rings is 2. The van der Waals surface area contributed by atoms with Crippen molar-refractivity contribution in [1.82, 2.24) is 5.32 Å². The van der Waals surface area contributed by atoms with E-state index in [0.717, 1.165) is 15.6 Å². The molecule has 5 nitrogen and oxygen atoms in total. The molecule has 150 valence electrons. The predicted molar refractivity (Wildman–Crippen MR) is 124 cm³/mol. The second-order valence-corrected chi connectivity index (χ2v) is 8.34. The van der Waals surface area contributed by atoms with Crippen molar-refractivity contribution in [2.75, 3.05) is 4.90 Å². The number of amides is 2. The van der Waals surface area contributed by atoms with E-state index in [1.807, 2.05) is 31.2 Å². The van der Waals surface area contributed by atoms with Crippen LogP contribution in [0, 0.1) is 6.92 Å². The molecule has 2 heterocycles. The van der Waals surface area contributed by atoms with Gasteiger partial charge in [-0.15, -0.1) is 0 Å². The predicted octanol–water partition coefficient (Wildman–Crippen LogP) is 5.50. The van der Waals surface area contributed by atoms with Crippen LogP contribution in [0.5, 0.6) is 0 Å². The van der Waals surface area contributed by atoms with Crippen molar-refractivity contribution in [2.45, 2.75) is 6.92 Å². The van der Waals surface area contributed by atoms with Crippen molar-refractivity contribution in [3.63, 3.8) is 0 Å². The van der Waals surface area contributed by atoms with Crippen LogP contribution >= 0.6 is 39.7 Å². The standard InChI is InChI=1S/C22H14BrClN2O3S/c1-12-9-14(23)5-7-18(12)26-21(28)17(20(27)25-22(26)30)11-16-6-8-19(29-16)13-3-2-4-15(24)10-13/h2-11H,1H3,(H,25,27,30)/b17-11+. The lowest BCUT2D eigenvalue weighted by Gasteiger charge is -2.29. The van der Waals surface area contributed by atoms with E-state index in [1.165, 1.54) is 11.0 Å². The third-order valence-electron chi connectivity index (χ3n) is 4.52. The molecule has 0 radical (unpaired) electrons. The van der Waals surface area contributed by atoms with Crippen LogP contribution in [0.15, 0.2) is 69.1 Å². The average molecular weight is 502 g/mol. The molecule has 30 heavy (non-hydrogen) atoms. The Labute approximate surface area is 191 Å². The average Bonchev–Trinajstić information content (AvgIpc) is 3.15. The minimum absolute atomic E-state index is 0.0339. The van der Waals surface area contributed by atoms with Gasteiger partial charge in [0.2, 0.25) is 0 Å². The molecule has 0 atom stereocenters. The number of carbonyl (C=O) groups is 2. The number of nitrogens with zero attached hydrogens (tertiary/aromatic N) is 1. The molecule has 1 N–H and O–H groups in total. The number of aryl methyl sites for hydroxylation is 1. The van der Waals surface area contributed by atoms with E-state index >= 15 is 0 Å². The second-order valence-electron chi connectivity index (χ2n) is 6.60. The molecule has 8 heteroatoms. The van der Waals surface area contributed by atoms with Crippen LogP contribution in [-0.2, 0) is 9.59 Å². The van der Waals surface area contributed by atoms with Crippen molar-refractivity contribution < 1.29 is 14.0 Å². The summed E-state index contributed by atoms with van der Waals surface area (Å²) in [6.07, 6.45) is 1.41. The third kappa shape index (κ3) is 3.96. The molecule has 1 aromatic heterocycles. The lowest BCUT2D eigenvalue weighted by Crippen LogP contribution is -2.54. The van der Waals surface area contributed by atoms with E-state index < -0.39 is 11.8 Å². The number of hydrogen-bond acceptors (Lipinski definition) is 4. The van der Waals surface area contributed by atoms with Crippen molar-refractivity contribution in [2.24, 2.45) is 0 Å². The van der Waals surface area contributed by atoms with Crippen LogP contribution in [0.1, 0.15) is 11.3 Å². The van der Waals surface area contributed by atoms with Crippen LogP contribution in [0.2, 0.25) is 5.02 Å². The summed E-state index contributed by atoms with van der Waals surface area (Å²) in [5.41, 5.74) is 2.15. The SMILES string of the molecule is Cc1cc(Br)ccc1N1C(=O)/C(=C/c2ccc(-c3cccc(Cl)c3)o2)C(=O)NC1=S. The van der Waals surface area contributed by atoms with Gasteiger partial charge in [-0.05, 0) is 73.2 Å². The fourth-order valence-corrected chi connectivity index (χ4v) is 4.06. The van der Waals surface area contributed by atoms with Gasteiger partial charge in [0.05, 0.1) is 5.69 Å². The number of rotatable bonds is 3. The molecule has 0 bridgehead atoms. The first-order valence-corrected chi connectivity index (χ1v) is 10.4. The number of nitrogens with one attached hydrogen (secondary N) is 1. The van der Waals surface area contributed by atoms with E-state index in [0.29, 0.717) is 22.2 Å². The van der Waals surface area contributed by atoms with Crippen molar-refractivity contribution >= 4 is 68.4 Å². The Hall–Kier alpha value is -2.74. The molecule has 1 fully saturated rings. The van der Waals surface area contributed by atoms with Crippen LogP contribution in [-0.4, -0.2) is 16.9 Å². The van der Waals surface area contributed by atoms with E-state index in [9.17, 15) is 9.59 Å². The van der Waals surface area contributed by atoms with Crippen LogP contribution in [0.4, 0.5) is 5.69 Å². The largest absolute Gasteiger partial charge is 0.457 e. The fourth-order valence-electron chi connectivity index (χ4n) is 3.12. The minimum Gasteiger partial charge on any atom is -0.457 e. The first kappa shape index (κ1) is 20.5. The lowest BCUT2D eigenvalue weighted by atomic mass is 10.1. The van der Waals surface area contributed by atoms with Gasteiger partial charge in [0, 0.05) is 15.1 Å². The Bertz CT molecular complexity index is 1230. The molecule has 1 saturated heterocycles. The summed E-state index contributed by atoms with van der Waals surface area (Å²) in [6.45, 7) is 1.86. The third-order valence-corrected chi connectivity index (χ3v) is 5.54. The Kier molecular flexibility index (Phi) is 5.60. The summed E-state index contributed by atoms with van der Waals surface area (Å²) in [7, 11) is 0. The Morgan fingerprint density at radius 2 is 1.93 bits per heavy atom. The van der Waals surface area contributed by atoms with Gasteiger partial charge in [-0.2, -0.15) is 0 Å². The first-order chi connectivity index (χ1) is 14.3. The molecule has 2 aromatic carbocycles. The van der Waals surface area contributed by atoms with Gasteiger partial charge in [-0.25, -0.2) is 0 Å². The number of halogens is 2. The number of anilines is 1. The summed E-state index contributed by atoms with van der Waals surface area (Å²) < 4.78 is 6.68. The highest BCUT2D eigenvalue weighted by Gasteiger charge is 2.35. The van der Waals surface area contributed by atoms with Gasteiger partial charge in [0.25, 0.3) is 11.8 Å². The highest BCUT2D eigenvalue weighted by Crippen LogP contribution is 2.29. The lowest BCUT2D eigenvalue weighted by molar-refractivity contribution is -0.122. The summed E-state index contributed by atoms with van der Waals surface area (Å²) in [4.78, 5) is 26.9. The maximum atomic E-state index is 13.1. The highest BCUT2D eigenvalue weighted by molar-refractivity contribution is 9.10. The fraction of sp³-hybridized carbons (Fsp3) is 0.0455. The van der Waals surface area contributed by atoms with E-state index in [4.69, 9.17) is 28.2 Å². The van der Waals surface area contributed by atoms with Crippen molar-refractivity contribution in [1.29, 1.82) is 0 Å². The topological polar surface area (TPSA) is 62.6 Å². The van der Waals surface area contributed by atoms with Crippen LogP contribution < -0.4 is 10.2 Å². The van der Waals surface area contributed by atoms with Crippen molar-refractivity contribution in [3.05, 3.63) is 81.0 Å². The summed E-state index contributed by atoms with van der Waals surface area (Å²) in [6, 6.07) is 16.1. The minimum atomic E-state index is -0.572. The number of furan rings is 1. The van der Waals surface area contributed by atoms with E-state index in [2.05, 4.69) is 21.2 Å². The first-order valence-electron chi connectivity index (χ1n) is 8.87. The molecule has 0 unspecified atom stereocenters. The molecule has 3 aromatic rings. The summed E-state index contributed by atoms with van der Waals surface area (Å²) in [5.74, 6) is -0.153. The number of hydrogen-bond donors (Lipinski definition) is 1. The van der Waals surface area contributed by atoms with Gasteiger partial charge in [0.15, 0.2) is 5.11 Å². The zero-order valence-electron chi connectivity index (χ0n) is 15.6. The number of carbonyl (C=O) groups excluding carboxylic acids is 2. The van der Waals surface area contributed by atoms with Crippen LogP contribution in [0.25, 0.3) is 17.4 Å². The molecule has 1 aliphatic rings. The second kappa shape index (κ2) is 8.18. The molecule has 1 aliphatic heterocycles. The molecule has 0 saturated carbocycles. The monoisotopic (exact) mass is 500 g/mol. The molecular weight excluding hydrogens is 488 g/mol. The summed E-state index contributed by atoms with van der Waals surface area (Å²) in [5, 5.41) is 3.19. The Morgan fingerprint density at radius 3 is 2.67 bits per heavy atom.